The molecule has 0 amide bonds. The van der Waals surface area contributed by atoms with Crippen LogP contribution in [0.4, 0.5) is 17.1 Å². The van der Waals surface area contributed by atoms with Crippen molar-refractivity contribution in [3.8, 4) is 55.6 Å². The lowest BCUT2D eigenvalue weighted by Crippen LogP contribution is -2.17. The number of nitrogens with zero attached hydrogens (tertiary/aromatic N) is 1. The molecule has 0 saturated heterocycles. The summed E-state index contributed by atoms with van der Waals surface area (Å²) in [4.78, 5) is 2.55. The minimum Gasteiger partial charge on any atom is -0.309 e. The van der Waals surface area contributed by atoms with Crippen LogP contribution in [-0.4, -0.2) is 0 Å². The van der Waals surface area contributed by atoms with Crippen molar-refractivity contribution < 1.29 is 0 Å². The van der Waals surface area contributed by atoms with Gasteiger partial charge in [-0.3, -0.25) is 0 Å². The maximum Gasteiger partial charge on any atom is 0.0543 e. The van der Waals surface area contributed by atoms with E-state index in [-0.39, 0.29) is 5.41 Å². The van der Waals surface area contributed by atoms with Crippen molar-refractivity contribution in [3.63, 3.8) is 0 Å². The van der Waals surface area contributed by atoms with Crippen LogP contribution >= 0.6 is 0 Å². The number of anilines is 3. The first kappa shape index (κ1) is 37.8. The van der Waals surface area contributed by atoms with Gasteiger partial charge >= 0.3 is 0 Å². The van der Waals surface area contributed by atoms with Gasteiger partial charge in [-0.2, -0.15) is 0 Å². The number of rotatable bonds is 8. The Kier molecular flexibility index (Phi) is 9.87. The number of fused-ring (bicyclic) bond motifs is 2. The zero-order valence-corrected chi connectivity index (χ0v) is 34.9. The lowest BCUT2D eigenvalue weighted by Gasteiger charge is -2.33. The van der Waals surface area contributed by atoms with Crippen molar-refractivity contribution in [1.29, 1.82) is 0 Å². The fraction of sp³-hybridized carbons (Fsp3) is 0.0667. The molecule has 61 heavy (non-hydrogen) atoms. The molecule has 0 fully saturated rings. The van der Waals surface area contributed by atoms with E-state index in [1.165, 1.54) is 71.6 Å². The van der Waals surface area contributed by atoms with Gasteiger partial charge in [-0.05, 0) is 89.7 Å². The molecule has 10 rings (SSSR count). The Morgan fingerprint density at radius 1 is 0.279 bits per heavy atom. The van der Waals surface area contributed by atoms with Gasteiger partial charge in [0.15, 0.2) is 0 Å². The normalized spacial score (nSPS) is 11.5. The fourth-order valence-electron chi connectivity index (χ4n) is 9.07. The van der Waals surface area contributed by atoms with E-state index in [4.69, 9.17) is 0 Å². The van der Waals surface area contributed by atoms with Crippen LogP contribution in [0, 0.1) is 0 Å². The van der Waals surface area contributed by atoms with Gasteiger partial charge in [-0.15, -0.1) is 0 Å². The third kappa shape index (κ3) is 7.09. The molecule has 10 aromatic rings. The van der Waals surface area contributed by atoms with Crippen molar-refractivity contribution in [2.75, 3.05) is 4.90 Å². The second-order valence-electron chi connectivity index (χ2n) is 16.9. The van der Waals surface area contributed by atoms with E-state index >= 15 is 0 Å². The monoisotopic (exact) mass is 781 g/mol. The van der Waals surface area contributed by atoms with E-state index < -0.39 is 0 Å². The SMILES string of the molecule is CC(C)(C)c1ccc(-c2ccccc2)c(N(c2ccccc2-c2cccc3cccc(-c4ccccc4)c23)c2ccccc2-c2cccc3cccc(-c4ccccc4)c23)c1. The molecule has 0 aliphatic heterocycles. The maximum atomic E-state index is 2.55. The zero-order chi connectivity index (χ0) is 41.3. The van der Waals surface area contributed by atoms with Gasteiger partial charge in [0, 0.05) is 16.7 Å². The molecule has 0 bridgehead atoms. The molecule has 0 radical (unpaired) electrons. The summed E-state index contributed by atoms with van der Waals surface area (Å²) in [5, 5.41) is 4.91. The third-order valence-electron chi connectivity index (χ3n) is 12.0. The summed E-state index contributed by atoms with van der Waals surface area (Å²) in [6, 6.07) is 84.4. The van der Waals surface area contributed by atoms with Crippen molar-refractivity contribution in [2.24, 2.45) is 0 Å². The predicted molar refractivity (Wildman–Crippen MR) is 262 cm³/mol. The minimum absolute atomic E-state index is 0.0882. The second kappa shape index (κ2) is 15.9. The van der Waals surface area contributed by atoms with Crippen LogP contribution in [0.1, 0.15) is 26.3 Å². The molecule has 1 nitrogen and oxygen atoms in total. The number of para-hydroxylation sites is 2. The van der Waals surface area contributed by atoms with Gasteiger partial charge in [0.1, 0.15) is 0 Å². The van der Waals surface area contributed by atoms with Crippen LogP contribution in [0.5, 0.6) is 0 Å². The van der Waals surface area contributed by atoms with Crippen molar-refractivity contribution in [2.45, 2.75) is 26.2 Å². The molecule has 0 unspecified atom stereocenters. The highest BCUT2D eigenvalue weighted by Gasteiger charge is 2.27. The highest BCUT2D eigenvalue weighted by molar-refractivity contribution is 6.12. The Bertz CT molecular complexity index is 2980. The summed E-state index contributed by atoms with van der Waals surface area (Å²) in [7, 11) is 0. The second-order valence-corrected chi connectivity index (χ2v) is 16.9. The number of hydrogen-bond donors (Lipinski definition) is 0. The first-order chi connectivity index (χ1) is 29.9. The van der Waals surface area contributed by atoms with E-state index in [0.29, 0.717) is 0 Å². The Hall–Kier alpha value is -7.48. The van der Waals surface area contributed by atoms with Crippen molar-refractivity contribution in [3.05, 3.63) is 236 Å². The van der Waals surface area contributed by atoms with E-state index in [1.807, 2.05) is 0 Å². The van der Waals surface area contributed by atoms with Crippen LogP contribution in [0.3, 0.4) is 0 Å². The lowest BCUT2D eigenvalue weighted by atomic mass is 9.84. The molecular formula is C60H47N. The highest BCUT2D eigenvalue weighted by Crippen LogP contribution is 2.51. The topological polar surface area (TPSA) is 3.24 Å². The van der Waals surface area contributed by atoms with Crippen LogP contribution in [0.15, 0.2) is 231 Å². The molecule has 0 saturated carbocycles. The average molecular weight is 782 g/mol. The van der Waals surface area contributed by atoms with Gasteiger partial charge in [0.25, 0.3) is 0 Å². The predicted octanol–water partition coefficient (Wildman–Crippen LogP) is 17.1. The van der Waals surface area contributed by atoms with Crippen LogP contribution < -0.4 is 4.90 Å². The maximum absolute atomic E-state index is 2.55. The summed E-state index contributed by atoms with van der Waals surface area (Å²) in [5.74, 6) is 0. The zero-order valence-electron chi connectivity index (χ0n) is 34.9. The molecule has 0 atom stereocenters. The van der Waals surface area contributed by atoms with Crippen LogP contribution in [-0.2, 0) is 5.41 Å². The Morgan fingerprint density at radius 3 is 1.07 bits per heavy atom. The van der Waals surface area contributed by atoms with E-state index in [1.54, 1.807) is 0 Å². The van der Waals surface area contributed by atoms with E-state index in [2.05, 4.69) is 256 Å². The fourth-order valence-corrected chi connectivity index (χ4v) is 9.07. The summed E-state index contributed by atoms with van der Waals surface area (Å²) < 4.78 is 0. The van der Waals surface area contributed by atoms with E-state index in [9.17, 15) is 0 Å². The van der Waals surface area contributed by atoms with Crippen LogP contribution in [0.2, 0.25) is 0 Å². The lowest BCUT2D eigenvalue weighted by molar-refractivity contribution is 0.590. The van der Waals surface area contributed by atoms with Gasteiger partial charge < -0.3 is 4.90 Å². The molecule has 0 N–H and O–H groups in total. The summed E-state index contributed by atoms with van der Waals surface area (Å²) >= 11 is 0. The van der Waals surface area contributed by atoms with E-state index in [0.717, 1.165) is 28.2 Å². The minimum atomic E-state index is -0.0882. The van der Waals surface area contributed by atoms with Crippen molar-refractivity contribution >= 4 is 38.6 Å². The Balaban J connectivity index is 1.32. The molecule has 0 aliphatic carbocycles. The molecule has 0 spiro atoms. The smallest absolute Gasteiger partial charge is 0.0543 e. The van der Waals surface area contributed by atoms with Crippen molar-refractivity contribution in [1.82, 2.24) is 0 Å². The Labute approximate surface area is 359 Å². The van der Waals surface area contributed by atoms with Gasteiger partial charge in [0.2, 0.25) is 0 Å². The molecule has 292 valence electrons. The Morgan fingerprint density at radius 2 is 0.639 bits per heavy atom. The molecule has 0 aromatic heterocycles. The number of benzene rings is 10. The average Bonchev–Trinajstić information content (AvgIpc) is 3.32. The highest BCUT2D eigenvalue weighted by atomic mass is 15.2. The standard InChI is InChI=1S/C60H47N/c1-60(2,3)47-39-40-48(42-21-7-4-8-22-42)57(41-47)61(55-37-15-13-31-51(55)53-35-19-29-45-27-17-33-49(58(45)53)43-23-9-5-10-24-43)56-38-16-14-32-52(56)54-36-20-30-46-28-18-34-50(59(46)54)44-25-11-6-12-26-44/h4-41H,1-3H3. The number of hydrogen-bond acceptors (Lipinski definition) is 1. The van der Waals surface area contributed by atoms with Gasteiger partial charge in [-0.1, -0.05) is 233 Å². The summed E-state index contributed by atoms with van der Waals surface area (Å²) in [6.07, 6.45) is 0. The first-order valence-electron chi connectivity index (χ1n) is 21.3. The molecule has 0 aliphatic rings. The summed E-state index contributed by atoms with van der Waals surface area (Å²) in [5.41, 5.74) is 16.4. The first-order valence-corrected chi connectivity index (χ1v) is 21.3. The third-order valence-corrected chi connectivity index (χ3v) is 12.0. The molecule has 10 aromatic carbocycles. The summed E-state index contributed by atoms with van der Waals surface area (Å²) in [6.45, 7) is 6.93. The van der Waals surface area contributed by atoms with Crippen LogP contribution in [0.25, 0.3) is 77.2 Å². The van der Waals surface area contributed by atoms with Gasteiger partial charge in [-0.25, -0.2) is 0 Å². The quantitative estimate of drug-likeness (QED) is 0.148. The molecule has 1 heteroatoms. The largest absolute Gasteiger partial charge is 0.309 e. The molecular weight excluding hydrogens is 735 g/mol. The molecule has 0 heterocycles. The van der Waals surface area contributed by atoms with Gasteiger partial charge in [0.05, 0.1) is 17.1 Å².